The van der Waals surface area contributed by atoms with Crippen molar-refractivity contribution >= 4 is 10.9 Å². The summed E-state index contributed by atoms with van der Waals surface area (Å²) in [6.45, 7) is 9.15. The Morgan fingerprint density at radius 2 is 1.57 bits per heavy atom. The summed E-state index contributed by atoms with van der Waals surface area (Å²) in [6, 6.07) is 12.5. The van der Waals surface area contributed by atoms with Crippen molar-refractivity contribution in [2.75, 3.05) is 0 Å². The lowest BCUT2D eigenvalue weighted by Gasteiger charge is -2.14. The van der Waals surface area contributed by atoms with Crippen LogP contribution in [0.15, 0.2) is 36.4 Å². The SMILES string of the molecule is Cc1c(C)c(C)c2c(cc(C)n2Cc2ccccc2)c1O. The Balaban J connectivity index is 2.26. The summed E-state index contributed by atoms with van der Waals surface area (Å²) < 4.78 is 2.30. The fraction of sp³-hybridized carbons (Fsp3) is 0.263. The third-order valence-electron chi connectivity index (χ3n) is 4.58. The molecule has 0 radical (unpaired) electrons. The van der Waals surface area contributed by atoms with Crippen LogP contribution in [-0.2, 0) is 6.54 Å². The van der Waals surface area contributed by atoms with E-state index in [0.29, 0.717) is 5.75 Å². The maximum atomic E-state index is 10.5. The first-order valence-corrected chi connectivity index (χ1v) is 7.33. The quantitative estimate of drug-likeness (QED) is 0.727. The number of nitrogens with zero attached hydrogens (tertiary/aromatic N) is 1. The molecule has 0 saturated carbocycles. The van der Waals surface area contributed by atoms with Gasteiger partial charge in [-0.3, -0.25) is 0 Å². The topological polar surface area (TPSA) is 25.2 Å². The minimum absolute atomic E-state index is 0.419. The summed E-state index contributed by atoms with van der Waals surface area (Å²) in [5.41, 5.74) is 7.01. The Bertz CT molecular complexity index is 813. The lowest BCUT2D eigenvalue weighted by molar-refractivity contribution is 0.477. The lowest BCUT2D eigenvalue weighted by atomic mass is 9.99. The Hall–Kier alpha value is -2.22. The summed E-state index contributed by atoms with van der Waals surface area (Å²) in [7, 11) is 0. The molecule has 1 aromatic heterocycles. The molecule has 0 aliphatic carbocycles. The van der Waals surface area contributed by atoms with Crippen LogP contribution in [0.1, 0.15) is 27.9 Å². The van der Waals surface area contributed by atoms with Gasteiger partial charge in [0.2, 0.25) is 0 Å². The molecule has 21 heavy (non-hydrogen) atoms. The molecular weight excluding hydrogens is 258 g/mol. The zero-order valence-corrected chi connectivity index (χ0v) is 13.1. The smallest absolute Gasteiger partial charge is 0.128 e. The Morgan fingerprint density at radius 1 is 0.905 bits per heavy atom. The molecule has 0 atom stereocenters. The van der Waals surface area contributed by atoms with Crippen LogP contribution in [0.2, 0.25) is 0 Å². The van der Waals surface area contributed by atoms with Gasteiger partial charge >= 0.3 is 0 Å². The molecule has 1 N–H and O–H groups in total. The highest BCUT2D eigenvalue weighted by molar-refractivity contribution is 5.92. The van der Waals surface area contributed by atoms with Crippen LogP contribution in [0.3, 0.4) is 0 Å². The average Bonchev–Trinajstić information content (AvgIpc) is 2.81. The second kappa shape index (κ2) is 4.96. The van der Waals surface area contributed by atoms with Crippen molar-refractivity contribution in [3.8, 4) is 5.75 Å². The first-order valence-electron chi connectivity index (χ1n) is 7.33. The molecule has 3 aromatic rings. The third kappa shape index (κ3) is 2.11. The zero-order chi connectivity index (χ0) is 15.1. The van der Waals surface area contributed by atoms with Crippen LogP contribution in [0.5, 0.6) is 5.75 Å². The summed E-state index contributed by atoms with van der Waals surface area (Å²) in [5.74, 6) is 0.419. The second-order valence-corrected chi connectivity index (χ2v) is 5.84. The predicted octanol–water partition coefficient (Wildman–Crippen LogP) is 4.63. The summed E-state index contributed by atoms with van der Waals surface area (Å²) in [6.07, 6.45) is 0. The Labute approximate surface area is 125 Å². The number of hydrogen-bond acceptors (Lipinski definition) is 1. The molecule has 0 amide bonds. The van der Waals surface area contributed by atoms with E-state index in [-0.39, 0.29) is 0 Å². The predicted molar refractivity (Wildman–Crippen MR) is 88.1 cm³/mol. The van der Waals surface area contributed by atoms with Crippen molar-refractivity contribution in [2.24, 2.45) is 0 Å². The van der Waals surface area contributed by atoms with Crippen molar-refractivity contribution in [2.45, 2.75) is 34.2 Å². The van der Waals surface area contributed by atoms with Crippen LogP contribution in [-0.4, -0.2) is 9.67 Å². The van der Waals surface area contributed by atoms with Gasteiger partial charge in [-0.1, -0.05) is 30.3 Å². The van der Waals surface area contributed by atoms with Gasteiger partial charge in [-0.2, -0.15) is 0 Å². The van der Waals surface area contributed by atoms with Crippen molar-refractivity contribution in [3.05, 3.63) is 64.3 Å². The molecule has 0 fully saturated rings. The van der Waals surface area contributed by atoms with E-state index < -0.39 is 0 Å². The van der Waals surface area contributed by atoms with Gasteiger partial charge in [-0.25, -0.2) is 0 Å². The van der Waals surface area contributed by atoms with Crippen LogP contribution < -0.4 is 0 Å². The van der Waals surface area contributed by atoms with Crippen LogP contribution in [0, 0.1) is 27.7 Å². The molecular formula is C19H21NO. The highest BCUT2D eigenvalue weighted by Gasteiger charge is 2.16. The Kier molecular flexibility index (Phi) is 3.25. The van der Waals surface area contributed by atoms with E-state index in [2.05, 4.69) is 55.7 Å². The first-order chi connectivity index (χ1) is 10.0. The van der Waals surface area contributed by atoms with E-state index in [1.165, 1.54) is 22.4 Å². The van der Waals surface area contributed by atoms with E-state index in [9.17, 15) is 5.11 Å². The summed E-state index contributed by atoms with van der Waals surface area (Å²) >= 11 is 0. The molecule has 0 spiro atoms. The minimum atomic E-state index is 0.419. The number of aromatic nitrogens is 1. The van der Waals surface area contributed by atoms with Crippen molar-refractivity contribution in [1.29, 1.82) is 0 Å². The van der Waals surface area contributed by atoms with E-state index >= 15 is 0 Å². The molecule has 2 aromatic carbocycles. The standard InChI is InChI=1S/C19H21NO/c1-12-10-17-18(14(3)13(2)15(4)19(17)21)20(12)11-16-8-6-5-7-9-16/h5-10,21H,11H2,1-4H3. The molecule has 2 nitrogen and oxygen atoms in total. The highest BCUT2D eigenvalue weighted by atomic mass is 16.3. The van der Waals surface area contributed by atoms with E-state index in [1.54, 1.807) is 0 Å². The minimum Gasteiger partial charge on any atom is -0.507 e. The number of fused-ring (bicyclic) bond motifs is 1. The number of rotatable bonds is 2. The molecule has 0 bridgehead atoms. The average molecular weight is 279 g/mol. The van der Waals surface area contributed by atoms with E-state index in [4.69, 9.17) is 0 Å². The number of aryl methyl sites for hydroxylation is 2. The highest BCUT2D eigenvalue weighted by Crippen LogP contribution is 2.36. The molecule has 1 heterocycles. The lowest BCUT2D eigenvalue weighted by Crippen LogP contribution is -2.03. The molecule has 0 unspecified atom stereocenters. The molecule has 3 rings (SSSR count). The third-order valence-corrected chi connectivity index (χ3v) is 4.58. The summed E-state index contributed by atoms with van der Waals surface area (Å²) in [5, 5.41) is 11.4. The van der Waals surface area contributed by atoms with Gasteiger partial charge in [-0.05, 0) is 56.0 Å². The number of benzene rings is 2. The maximum absolute atomic E-state index is 10.5. The van der Waals surface area contributed by atoms with E-state index in [0.717, 1.165) is 23.0 Å². The van der Waals surface area contributed by atoms with Crippen molar-refractivity contribution < 1.29 is 5.11 Å². The number of phenols is 1. The fourth-order valence-corrected chi connectivity index (χ4v) is 3.07. The van der Waals surface area contributed by atoms with Gasteiger partial charge in [0.15, 0.2) is 0 Å². The molecule has 0 aliphatic rings. The second-order valence-electron chi connectivity index (χ2n) is 5.84. The number of phenolic OH excluding ortho intramolecular Hbond substituents is 1. The molecule has 108 valence electrons. The number of aromatic hydroxyl groups is 1. The Morgan fingerprint density at radius 3 is 2.24 bits per heavy atom. The van der Waals surface area contributed by atoms with Crippen LogP contribution in [0.4, 0.5) is 0 Å². The van der Waals surface area contributed by atoms with E-state index in [1.807, 2.05) is 13.0 Å². The van der Waals surface area contributed by atoms with Gasteiger partial charge in [-0.15, -0.1) is 0 Å². The first kappa shape index (κ1) is 13.7. The van der Waals surface area contributed by atoms with Crippen molar-refractivity contribution in [3.63, 3.8) is 0 Å². The molecule has 2 heteroatoms. The maximum Gasteiger partial charge on any atom is 0.128 e. The zero-order valence-electron chi connectivity index (χ0n) is 13.1. The van der Waals surface area contributed by atoms with Gasteiger partial charge in [0.05, 0.1) is 5.52 Å². The molecule has 0 saturated heterocycles. The van der Waals surface area contributed by atoms with Crippen LogP contribution in [0.25, 0.3) is 10.9 Å². The van der Waals surface area contributed by atoms with Crippen LogP contribution >= 0.6 is 0 Å². The van der Waals surface area contributed by atoms with Gasteiger partial charge in [0, 0.05) is 17.6 Å². The van der Waals surface area contributed by atoms with Gasteiger partial charge in [0.1, 0.15) is 5.75 Å². The summed E-state index contributed by atoms with van der Waals surface area (Å²) in [4.78, 5) is 0. The fourth-order valence-electron chi connectivity index (χ4n) is 3.07. The van der Waals surface area contributed by atoms with Gasteiger partial charge < -0.3 is 9.67 Å². The molecule has 0 aliphatic heterocycles. The monoisotopic (exact) mass is 279 g/mol. The van der Waals surface area contributed by atoms with Crippen molar-refractivity contribution in [1.82, 2.24) is 4.57 Å². The largest absolute Gasteiger partial charge is 0.507 e. The van der Waals surface area contributed by atoms with Gasteiger partial charge in [0.25, 0.3) is 0 Å². The number of hydrogen-bond donors (Lipinski definition) is 1. The normalized spacial score (nSPS) is 11.2.